The van der Waals surface area contributed by atoms with Crippen molar-refractivity contribution in [2.24, 2.45) is 23.7 Å². The number of aryl methyl sites for hydroxylation is 1. The van der Waals surface area contributed by atoms with Gasteiger partial charge >= 0.3 is 5.97 Å². The highest BCUT2D eigenvalue weighted by Gasteiger charge is 2.50. The van der Waals surface area contributed by atoms with Crippen molar-refractivity contribution < 1.29 is 28.3 Å². The van der Waals surface area contributed by atoms with Crippen molar-refractivity contribution in [3.05, 3.63) is 66.0 Å². The van der Waals surface area contributed by atoms with E-state index in [1.807, 2.05) is 19.1 Å². The molecule has 0 N–H and O–H groups in total. The average molecular weight is 477 g/mol. The van der Waals surface area contributed by atoms with Crippen LogP contribution in [0.25, 0.3) is 0 Å². The van der Waals surface area contributed by atoms with Gasteiger partial charge in [0.05, 0.1) is 23.4 Å². The second kappa shape index (κ2) is 8.76. The molecule has 8 heteroatoms. The van der Waals surface area contributed by atoms with Crippen LogP contribution in [-0.4, -0.2) is 30.2 Å². The van der Waals surface area contributed by atoms with E-state index in [0.717, 1.165) is 0 Å². The molecular formula is C27H25FN2O5. The number of nitrogens with zero attached hydrogens (tertiary/aromatic N) is 2. The number of benzene rings is 2. The third kappa shape index (κ3) is 4.03. The molecule has 2 heterocycles. The summed E-state index contributed by atoms with van der Waals surface area (Å²) in [5, 5.41) is 0. The van der Waals surface area contributed by atoms with Crippen LogP contribution in [0.2, 0.25) is 0 Å². The number of hydrogen-bond donors (Lipinski definition) is 0. The van der Waals surface area contributed by atoms with Crippen molar-refractivity contribution in [2.75, 3.05) is 16.3 Å². The Hall–Kier alpha value is -3.81. The fourth-order valence-corrected chi connectivity index (χ4v) is 5.26. The van der Waals surface area contributed by atoms with E-state index < -0.39 is 17.7 Å². The average Bonchev–Trinajstić information content (AvgIpc) is 3.33. The molecule has 2 aliphatic heterocycles. The summed E-state index contributed by atoms with van der Waals surface area (Å²) in [5.74, 6) is -2.67. The molecule has 5 rings (SSSR count). The Bertz CT molecular complexity index is 1250. The summed E-state index contributed by atoms with van der Waals surface area (Å²) in [6.07, 6.45) is 4.50. The Morgan fingerprint density at radius 3 is 2.49 bits per heavy atom. The van der Waals surface area contributed by atoms with Crippen molar-refractivity contribution in [1.29, 1.82) is 0 Å². The summed E-state index contributed by atoms with van der Waals surface area (Å²) in [4.78, 5) is 54.0. The smallest absolute Gasteiger partial charge is 0.316 e. The number of anilines is 2. The van der Waals surface area contributed by atoms with Crippen LogP contribution in [0.4, 0.5) is 15.8 Å². The minimum Gasteiger partial charge on any atom is -0.426 e. The quantitative estimate of drug-likeness (QED) is 0.290. The van der Waals surface area contributed by atoms with Gasteiger partial charge in [-0.05, 0) is 67.3 Å². The fourth-order valence-electron chi connectivity index (χ4n) is 5.26. The summed E-state index contributed by atoms with van der Waals surface area (Å²) in [5.41, 5.74) is 1.64. The zero-order chi connectivity index (χ0) is 24.9. The highest BCUT2D eigenvalue weighted by Crippen LogP contribution is 2.41. The molecule has 35 heavy (non-hydrogen) atoms. The van der Waals surface area contributed by atoms with Crippen LogP contribution in [0, 0.1) is 36.4 Å². The van der Waals surface area contributed by atoms with Gasteiger partial charge in [0.15, 0.2) is 0 Å². The molecule has 2 aromatic carbocycles. The van der Waals surface area contributed by atoms with E-state index in [-0.39, 0.29) is 54.2 Å². The lowest BCUT2D eigenvalue weighted by molar-refractivity contribution is -0.139. The summed E-state index contributed by atoms with van der Waals surface area (Å²) in [6, 6.07) is 10.3. The first-order valence-electron chi connectivity index (χ1n) is 11.7. The summed E-state index contributed by atoms with van der Waals surface area (Å²) >= 11 is 0. The van der Waals surface area contributed by atoms with Crippen LogP contribution in [0.1, 0.15) is 25.3 Å². The maximum absolute atomic E-state index is 13.2. The molecule has 7 nitrogen and oxygen atoms in total. The minimum absolute atomic E-state index is 0.000619. The zero-order valence-corrected chi connectivity index (χ0v) is 19.4. The number of rotatable bonds is 4. The number of hydrogen-bond acceptors (Lipinski definition) is 5. The lowest BCUT2D eigenvalue weighted by atomic mass is 9.78. The van der Waals surface area contributed by atoms with Gasteiger partial charge in [0, 0.05) is 18.7 Å². The van der Waals surface area contributed by atoms with Gasteiger partial charge in [-0.3, -0.25) is 19.2 Å². The Balaban J connectivity index is 1.28. The number of carbonyl (C=O) groups excluding carboxylic acids is 4. The summed E-state index contributed by atoms with van der Waals surface area (Å²) in [6.45, 7) is 3.85. The molecule has 0 unspecified atom stereocenters. The van der Waals surface area contributed by atoms with E-state index in [9.17, 15) is 23.6 Å². The topological polar surface area (TPSA) is 84.0 Å². The first-order valence-corrected chi connectivity index (χ1v) is 11.7. The maximum Gasteiger partial charge on any atom is 0.316 e. The maximum atomic E-state index is 13.2. The van der Waals surface area contributed by atoms with Crippen molar-refractivity contribution >= 4 is 35.1 Å². The van der Waals surface area contributed by atoms with Crippen molar-refractivity contribution in [3.63, 3.8) is 0 Å². The summed E-state index contributed by atoms with van der Waals surface area (Å²) in [7, 11) is 0. The van der Waals surface area contributed by atoms with Gasteiger partial charge in [0.2, 0.25) is 17.7 Å². The number of carbonyl (C=O) groups is 4. The molecule has 0 aromatic heterocycles. The monoisotopic (exact) mass is 476 g/mol. The van der Waals surface area contributed by atoms with Crippen LogP contribution in [0.15, 0.2) is 54.6 Å². The second-order valence-electron chi connectivity index (χ2n) is 9.42. The molecule has 2 saturated heterocycles. The minimum atomic E-state index is -0.661. The zero-order valence-electron chi connectivity index (χ0n) is 19.4. The van der Waals surface area contributed by atoms with Crippen LogP contribution in [0.3, 0.4) is 0 Å². The molecule has 180 valence electrons. The molecule has 3 aliphatic rings. The largest absolute Gasteiger partial charge is 0.426 e. The highest BCUT2D eigenvalue weighted by atomic mass is 19.1. The predicted molar refractivity (Wildman–Crippen MR) is 126 cm³/mol. The molecule has 4 atom stereocenters. The van der Waals surface area contributed by atoms with E-state index in [0.29, 0.717) is 23.4 Å². The molecular weight excluding hydrogens is 451 g/mol. The second-order valence-corrected chi connectivity index (χ2v) is 9.42. The van der Waals surface area contributed by atoms with Crippen LogP contribution >= 0.6 is 0 Å². The predicted octanol–water partition coefficient (Wildman–Crippen LogP) is 3.79. The van der Waals surface area contributed by atoms with Crippen LogP contribution in [0.5, 0.6) is 5.75 Å². The molecule has 0 bridgehead atoms. The Morgan fingerprint density at radius 1 is 1.06 bits per heavy atom. The normalized spacial score (nSPS) is 25.9. The Labute approximate surface area is 202 Å². The van der Waals surface area contributed by atoms with Crippen molar-refractivity contribution in [3.8, 4) is 5.75 Å². The van der Waals surface area contributed by atoms with Gasteiger partial charge in [-0.1, -0.05) is 19.1 Å². The lowest BCUT2D eigenvalue weighted by Crippen LogP contribution is -2.32. The molecule has 0 saturated carbocycles. The number of imide groups is 1. The number of amides is 3. The Kier molecular flexibility index (Phi) is 5.75. The third-order valence-electron chi connectivity index (χ3n) is 7.10. The molecule has 1 aliphatic carbocycles. The first-order chi connectivity index (χ1) is 16.7. The van der Waals surface area contributed by atoms with E-state index in [1.54, 1.807) is 25.1 Å². The lowest BCUT2D eigenvalue weighted by Gasteiger charge is -2.22. The molecule has 2 aromatic rings. The standard InChI is InChI=1S/C27H25FN2O5/c1-15-4-3-5-21-24(15)26(33)30(25(21)32)22-11-10-20(12-16(22)2)35-27(34)17-13-23(31)29(14-17)19-8-6-18(28)7-9-19/h3-4,6-12,15,17,21,24H,5,13-14H2,1-2H3/t15-,17+,21+,24+/m0/s1. The number of ether oxygens (including phenoxy) is 1. The van der Waals surface area contributed by atoms with E-state index >= 15 is 0 Å². The summed E-state index contributed by atoms with van der Waals surface area (Å²) < 4.78 is 18.7. The number of allylic oxidation sites excluding steroid dienone is 2. The van der Waals surface area contributed by atoms with Crippen LogP contribution < -0.4 is 14.5 Å². The molecule has 0 radical (unpaired) electrons. The van der Waals surface area contributed by atoms with Crippen molar-refractivity contribution in [2.45, 2.75) is 26.7 Å². The van der Waals surface area contributed by atoms with Gasteiger partial charge in [-0.2, -0.15) is 0 Å². The van der Waals surface area contributed by atoms with Crippen LogP contribution in [-0.2, 0) is 19.2 Å². The third-order valence-corrected chi connectivity index (χ3v) is 7.10. The van der Waals surface area contributed by atoms with E-state index in [4.69, 9.17) is 4.74 Å². The van der Waals surface area contributed by atoms with Gasteiger partial charge < -0.3 is 9.64 Å². The number of esters is 1. The number of halogens is 1. The Morgan fingerprint density at radius 2 is 1.80 bits per heavy atom. The van der Waals surface area contributed by atoms with E-state index in [2.05, 4.69) is 0 Å². The SMILES string of the molecule is Cc1cc(OC(=O)[C@@H]2CC(=O)N(c3ccc(F)cc3)C2)ccc1N1C(=O)[C@@H]2[C@@H](C)C=CC[C@H]2C1=O. The van der Waals surface area contributed by atoms with Gasteiger partial charge in [0.25, 0.3) is 0 Å². The van der Waals surface area contributed by atoms with Gasteiger partial charge in [-0.15, -0.1) is 0 Å². The first kappa shape index (κ1) is 23.0. The van der Waals surface area contributed by atoms with Crippen molar-refractivity contribution in [1.82, 2.24) is 0 Å². The number of fused-ring (bicyclic) bond motifs is 1. The van der Waals surface area contributed by atoms with Gasteiger partial charge in [0.1, 0.15) is 11.6 Å². The van der Waals surface area contributed by atoms with E-state index in [1.165, 1.54) is 34.1 Å². The molecule has 2 fully saturated rings. The molecule has 0 spiro atoms. The molecule has 3 amide bonds. The fraction of sp³-hybridized carbons (Fsp3) is 0.333. The highest BCUT2D eigenvalue weighted by molar-refractivity contribution is 6.22. The van der Waals surface area contributed by atoms with Gasteiger partial charge in [-0.25, -0.2) is 9.29 Å².